The van der Waals surface area contributed by atoms with Crippen molar-refractivity contribution in [2.24, 2.45) is 0 Å². The number of nitrogen functional groups attached to an aromatic ring is 1. The molecule has 4 rings (SSSR count). The Kier molecular flexibility index (Phi) is 4.53. The van der Waals surface area contributed by atoms with Crippen molar-refractivity contribution in [2.45, 2.75) is 4.90 Å². The summed E-state index contributed by atoms with van der Waals surface area (Å²) >= 11 is 3.31. The third kappa shape index (κ3) is 3.13. The molecule has 1 aliphatic carbocycles. The van der Waals surface area contributed by atoms with Crippen LogP contribution < -0.4 is 11.1 Å². The number of anilines is 3. The molecule has 0 radical (unpaired) electrons. The van der Waals surface area contributed by atoms with Gasteiger partial charge in [0.25, 0.3) is 10.1 Å². The Balaban J connectivity index is 2.02. The first-order valence-corrected chi connectivity index (χ1v) is 10.6. The van der Waals surface area contributed by atoms with Crippen molar-refractivity contribution in [1.82, 2.24) is 0 Å². The van der Waals surface area contributed by atoms with E-state index in [1.807, 2.05) is 6.07 Å². The molecule has 3 aromatic rings. The van der Waals surface area contributed by atoms with Crippen molar-refractivity contribution in [3.05, 3.63) is 81.3 Å². The Morgan fingerprint density at radius 2 is 1.59 bits per heavy atom. The van der Waals surface area contributed by atoms with Gasteiger partial charge in [-0.05, 0) is 40.2 Å². The number of rotatable bonds is 3. The summed E-state index contributed by atoms with van der Waals surface area (Å²) in [4.78, 5) is 25.9. The van der Waals surface area contributed by atoms with Gasteiger partial charge < -0.3 is 11.1 Å². The van der Waals surface area contributed by atoms with Crippen molar-refractivity contribution < 1.29 is 22.6 Å². The molecule has 3 aromatic carbocycles. The fourth-order valence-electron chi connectivity index (χ4n) is 3.34. The van der Waals surface area contributed by atoms with Crippen LogP contribution in [0, 0.1) is 0 Å². The number of carbonyl (C=O) groups excluding carboxylic acids is 2. The second kappa shape index (κ2) is 6.80. The molecule has 0 fully saturated rings. The Labute approximate surface area is 174 Å². The first-order chi connectivity index (χ1) is 13.7. The number of para-hydroxylation sites is 1. The van der Waals surface area contributed by atoms with Crippen LogP contribution in [-0.2, 0) is 10.1 Å². The van der Waals surface area contributed by atoms with Crippen LogP contribution in [0.15, 0.2) is 64.0 Å². The van der Waals surface area contributed by atoms with Crippen LogP contribution in [0.3, 0.4) is 0 Å². The molecule has 0 aliphatic heterocycles. The first-order valence-electron chi connectivity index (χ1n) is 8.34. The molecule has 4 N–H and O–H groups in total. The molecule has 0 atom stereocenters. The molecular formula is C20H13BrN2O5S. The monoisotopic (exact) mass is 472 g/mol. The molecule has 0 bridgehead atoms. The summed E-state index contributed by atoms with van der Waals surface area (Å²) in [7, 11) is -4.73. The predicted octanol–water partition coefficient (Wildman–Crippen LogP) is 3.80. The van der Waals surface area contributed by atoms with Crippen molar-refractivity contribution in [3.63, 3.8) is 0 Å². The van der Waals surface area contributed by atoms with E-state index in [0.29, 0.717) is 10.2 Å². The molecule has 0 saturated heterocycles. The predicted molar refractivity (Wildman–Crippen MR) is 111 cm³/mol. The van der Waals surface area contributed by atoms with Gasteiger partial charge in [0.1, 0.15) is 4.90 Å². The summed E-state index contributed by atoms with van der Waals surface area (Å²) in [5, 5.41) is 3.07. The molecule has 0 amide bonds. The van der Waals surface area contributed by atoms with Crippen LogP contribution in [-0.4, -0.2) is 24.5 Å². The van der Waals surface area contributed by atoms with Crippen LogP contribution in [0.2, 0.25) is 0 Å². The van der Waals surface area contributed by atoms with E-state index >= 15 is 0 Å². The van der Waals surface area contributed by atoms with E-state index in [9.17, 15) is 22.6 Å². The van der Waals surface area contributed by atoms with E-state index in [4.69, 9.17) is 5.73 Å². The van der Waals surface area contributed by atoms with Crippen molar-refractivity contribution in [2.75, 3.05) is 11.1 Å². The number of halogens is 1. The molecule has 9 heteroatoms. The number of fused-ring (bicyclic) bond motifs is 2. The highest BCUT2D eigenvalue weighted by molar-refractivity contribution is 9.10. The maximum atomic E-state index is 13.4. The Bertz CT molecular complexity index is 1300. The third-order valence-corrected chi connectivity index (χ3v) is 6.15. The van der Waals surface area contributed by atoms with Crippen molar-refractivity contribution >= 4 is 54.7 Å². The Hall–Kier alpha value is -3.01. The topological polar surface area (TPSA) is 127 Å². The summed E-state index contributed by atoms with van der Waals surface area (Å²) < 4.78 is 33.6. The highest BCUT2D eigenvalue weighted by Crippen LogP contribution is 2.41. The lowest BCUT2D eigenvalue weighted by molar-refractivity contribution is 0.0977. The minimum Gasteiger partial charge on any atom is -0.397 e. The van der Waals surface area contributed by atoms with Gasteiger partial charge in [-0.3, -0.25) is 14.1 Å². The minimum absolute atomic E-state index is 0.0252. The molecule has 0 aromatic heterocycles. The summed E-state index contributed by atoms with van der Waals surface area (Å²) in [6.07, 6.45) is 0. The third-order valence-electron chi connectivity index (χ3n) is 4.60. The molecule has 29 heavy (non-hydrogen) atoms. The van der Waals surface area contributed by atoms with Crippen molar-refractivity contribution in [1.29, 1.82) is 0 Å². The summed E-state index contributed by atoms with van der Waals surface area (Å²) in [6, 6.07) is 14.2. The zero-order chi connectivity index (χ0) is 20.9. The van der Waals surface area contributed by atoms with Gasteiger partial charge in [-0.15, -0.1) is 0 Å². The fourth-order valence-corrected chi connectivity index (χ4v) is 4.48. The lowest BCUT2D eigenvalue weighted by Gasteiger charge is -2.24. The van der Waals surface area contributed by atoms with Gasteiger partial charge in [0.15, 0.2) is 11.6 Å². The lowest BCUT2D eigenvalue weighted by atomic mass is 9.82. The maximum Gasteiger partial charge on any atom is 0.295 e. The molecular weight excluding hydrogens is 460 g/mol. The molecule has 1 aliphatic rings. The van der Waals surface area contributed by atoms with E-state index < -0.39 is 26.6 Å². The normalized spacial score (nSPS) is 13.0. The Morgan fingerprint density at radius 3 is 2.24 bits per heavy atom. The summed E-state index contributed by atoms with van der Waals surface area (Å²) in [6.45, 7) is 0. The lowest BCUT2D eigenvalue weighted by Crippen LogP contribution is -2.26. The highest BCUT2D eigenvalue weighted by atomic mass is 79.9. The van der Waals surface area contributed by atoms with Crippen molar-refractivity contribution in [3.8, 4) is 0 Å². The number of hydrogen-bond donors (Lipinski definition) is 3. The average Bonchev–Trinajstić information content (AvgIpc) is 2.68. The zero-order valence-electron chi connectivity index (χ0n) is 14.6. The van der Waals surface area contributed by atoms with Gasteiger partial charge in [0, 0.05) is 15.7 Å². The maximum absolute atomic E-state index is 13.4. The molecule has 0 heterocycles. The van der Waals surface area contributed by atoms with Gasteiger partial charge in [-0.25, -0.2) is 0 Å². The minimum atomic E-state index is -4.73. The van der Waals surface area contributed by atoms with E-state index in [1.165, 1.54) is 12.1 Å². The number of nitrogens with two attached hydrogens (primary N) is 1. The van der Waals surface area contributed by atoms with Crippen LogP contribution in [0.1, 0.15) is 31.8 Å². The summed E-state index contributed by atoms with van der Waals surface area (Å²) in [5.74, 6) is -1.32. The van der Waals surface area contributed by atoms with Crippen LogP contribution >= 0.6 is 15.9 Å². The van der Waals surface area contributed by atoms with Gasteiger partial charge in [0.05, 0.1) is 28.1 Å². The second-order valence-corrected chi connectivity index (χ2v) is 8.62. The van der Waals surface area contributed by atoms with Gasteiger partial charge in [0.2, 0.25) is 0 Å². The smallest absolute Gasteiger partial charge is 0.295 e. The van der Waals surface area contributed by atoms with Crippen LogP contribution in [0.5, 0.6) is 0 Å². The molecule has 0 saturated carbocycles. The fraction of sp³-hybridized carbons (Fsp3) is 0. The van der Waals surface area contributed by atoms with E-state index in [1.54, 1.807) is 30.3 Å². The van der Waals surface area contributed by atoms with E-state index in [2.05, 4.69) is 21.2 Å². The largest absolute Gasteiger partial charge is 0.397 e. The standard InChI is InChI=1S/C20H13BrN2O5S/c21-12-9-13(23-10-5-2-1-3-6-10)16-17(18(12)22)19(24)11-7-4-8-14(29(26,27)28)15(11)20(16)25/h1-9,23H,22H2,(H,26,27,28). The number of hydrogen-bond acceptors (Lipinski definition) is 6. The zero-order valence-corrected chi connectivity index (χ0v) is 17.0. The number of benzene rings is 3. The molecule has 7 nitrogen and oxygen atoms in total. The number of ketones is 2. The van der Waals surface area contributed by atoms with Crippen LogP contribution in [0.4, 0.5) is 17.1 Å². The SMILES string of the molecule is Nc1c(Br)cc(Nc2ccccc2)c2c1C(=O)c1cccc(S(=O)(=O)O)c1C2=O. The molecule has 0 unspecified atom stereocenters. The number of carbonyl (C=O) groups is 2. The van der Waals surface area contributed by atoms with Gasteiger partial charge in [-0.1, -0.05) is 30.3 Å². The Morgan fingerprint density at radius 1 is 0.897 bits per heavy atom. The average molecular weight is 473 g/mol. The molecule has 0 spiro atoms. The highest BCUT2D eigenvalue weighted by Gasteiger charge is 2.38. The van der Waals surface area contributed by atoms with E-state index in [-0.39, 0.29) is 33.6 Å². The summed E-state index contributed by atoms with van der Waals surface area (Å²) in [5.41, 5.74) is 6.51. The second-order valence-electron chi connectivity index (χ2n) is 6.37. The number of nitrogens with one attached hydrogen (secondary N) is 1. The van der Waals surface area contributed by atoms with Gasteiger partial charge in [-0.2, -0.15) is 8.42 Å². The van der Waals surface area contributed by atoms with Gasteiger partial charge >= 0.3 is 0 Å². The van der Waals surface area contributed by atoms with E-state index in [0.717, 1.165) is 6.07 Å². The first kappa shape index (κ1) is 19.3. The molecule has 146 valence electrons. The quantitative estimate of drug-likeness (QED) is 0.305. The van der Waals surface area contributed by atoms with Crippen LogP contribution in [0.25, 0.3) is 0 Å².